The molecule has 2 aromatic heterocycles. The van der Waals surface area contributed by atoms with E-state index in [0.29, 0.717) is 28.6 Å². The maximum atomic E-state index is 11.1. The molecular formula is C25H23ClN2O3S. The van der Waals surface area contributed by atoms with E-state index in [1.807, 2.05) is 0 Å². The molecule has 0 fully saturated rings. The van der Waals surface area contributed by atoms with Crippen LogP contribution in [0.3, 0.4) is 0 Å². The number of carboxylic acids is 1. The standard InChI is InChI=1S/C25H23ClN2O3S/c1-25(2,3)15-5-8-17-19(12-27)23(32-22(17)11-15)28-13-16-6-9-21(31-16)14-4-7-18(24(29)30)20(26)10-14/h4,6-7,9-10,13,15H,5,8,11H2,1-3H3,(H,29,30)/t15-/m1/s1. The Morgan fingerprint density at radius 3 is 2.78 bits per heavy atom. The molecule has 7 heteroatoms. The summed E-state index contributed by atoms with van der Waals surface area (Å²) in [5.41, 5.74) is 2.80. The van der Waals surface area contributed by atoms with Crippen molar-refractivity contribution in [2.45, 2.75) is 40.0 Å². The van der Waals surface area contributed by atoms with Gasteiger partial charge >= 0.3 is 5.97 Å². The Bertz CT molecular complexity index is 1260. The van der Waals surface area contributed by atoms with Crippen LogP contribution in [0.4, 0.5) is 5.00 Å². The lowest BCUT2D eigenvalue weighted by Crippen LogP contribution is -2.26. The van der Waals surface area contributed by atoms with E-state index in [4.69, 9.17) is 21.1 Å². The van der Waals surface area contributed by atoms with Crippen LogP contribution < -0.4 is 0 Å². The Labute approximate surface area is 196 Å². The zero-order valence-corrected chi connectivity index (χ0v) is 19.7. The van der Waals surface area contributed by atoms with Crippen LogP contribution in [0.25, 0.3) is 11.3 Å². The molecule has 32 heavy (non-hydrogen) atoms. The summed E-state index contributed by atoms with van der Waals surface area (Å²) in [5, 5.41) is 19.7. The SMILES string of the molecule is CC(C)(C)[C@@H]1CCc2c(sc(N=Cc3ccc(-c4ccc(C(=O)O)c(Cl)c4)o3)c2C#N)C1. The van der Waals surface area contributed by atoms with E-state index in [-0.39, 0.29) is 16.0 Å². The third kappa shape index (κ3) is 4.36. The first-order chi connectivity index (χ1) is 15.2. The first kappa shape index (κ1) is 22.3. The second kappa shape index (κ2) is 8.57. The summed E-state index contributed by atoms with van der Waals surface area (Å²) in [6.45, 7) is 6.83. The monoisotopic (exact) mass is 466 g/mol. The summed E-state index contributed by atoms with van der Waals surface area (Å²) >= 11 is 7.67. The van der Waals surface area contributed by atoms with Crippen LogP contribution >= 0.6 is 22.9 Å². The molecule has 1 atom stereocenters. The number of aromatic carboxylic acids is 1. The van der Waals surface area contributed by atoms with E-state index in [0.717, 1.165) is 29.8 Å². The number of rotatable bonds is 4. The molecular weight excluding hydrogens is 444 g/mol. The van der Waals surface area contributed by atoms with E-state index >= 15 is 0 Å². The maximum absolute atomic E-state index is 11.1. The number of carbonyl (C=O) groups is 1. The van der Waals surface area contributed by atoms with Gasteiger partial charge in [0, 0.05) is 10.4 Å². The average molecular weight is 467 g/mol. The average Bonchev–Trinajstić information content (AvgIpc) is 3.34. The number of nitriles is 1. The minimum atomic E-state index is -1.07. The van der Waals surface area contributed by atoms with E-state index in [1.54, 1.807) is 41.8 Å². The molecule has 0 unspecified atom stereocenters. The number of hydrogen-bond acceptors (Lipinski definition) is 5. The van der Waals surface area contributed by atoms with Gasteiger partial charge in [-0.15, -0.1) is 11.3 Å². The van der Waals surface area contributed by atoms with Crippen molar-refractivity contribution in [1.29, 1.82) is 5.26 Å². The van der Waals surface area contributed by atoms with Gasteiger partial charge in [-0.2, -0.15) is 5.26 Å². The summed E-state index contributed by atoms with van der Waals surface area (Å²) in [6.07, 6.45) is 4.63. The molecule has 3 aromatic rings. The molecule has 1 aromatic carbocycles. The molecule has 4 rings (SSSR count). The number of hydrogen-bond donors (Lipinski definition) is 1. The Balaban J connectivity index is 1.57. The van der Waals surface area contributed by atoms with Crippen molar-refractivity contribution < 1.29 is 14.3 Å². The molecule has 0 spiro atoms. The quantitative estimate of drug-likeness (QED) is 0.414. The molecule has 1 aliphatic rings. The molecule has 0 amide bonds. The molecule has 0 saturated carbocycles. The fourth-order valence-electron chi connectivity index (χ4n) is 4.06. The predicted octanol–water partition coefficient (Wildman–Crippen LogP) is 7.13. The van der Waals surface area contributed by atoms with Gasteiger partial charge in [-0.3, -0.25) is 0 Å². The summed E-state index contributed by atoms with van der Waals surface area (Å²) in [5.74, 6) is 0.629. The van der Waals surface area contributed by atoms with Gasteiger partial charge in [-0.25, -0.2) is 9.79 Å². The predicted molar refractivity (Wildman–Crippen MR) is 127 cm³/mol. The van der Waals surface area contributed by atoms with Crippen molar-refractivity contribution in [2.24, 2.45) is 16.3 Å². The fraction of sp³-hybridized carbons (Fsp3) is 0.320. The van der Waals surface area contributed by atoms with Gasteiger partial charge in [0.25, 0.3) is 0 Å². The third-order valence-corrected chi connectivity index (χ3v) is 7.48. The van der Waals surface area contributed by atoms with Gasteiger partial charge < -0.3 is 9.52 Å². The highest BCUT2D eigenvalue weighted by atomic mass is 35.5. The number of fused-ring (bicyclic) bond motifs is 1. The van der Waals surface area contributed by atoms with Crippen molar-refractivity contribution in [1.82, 2.24) is 0 Å². The smallest absolute Gasteiger partial charge is 0.337 e. The topological polar surface area (TPSA) is 86.6 Å². The maximum Gasteiger partial charge on any atom is 0.337 e. The Hall–Kier alpha value is -2.88. The molecule has 1 aliphatic carbocycles. The van der Waals surface area contributed by atoms with E-state index < -0.39 is 5.97 Å². The summed E-state index contributed by atoms with van der Waals surface area (Å²) in [7, 11) is 0. The third-order valence-electron chi connectivity index (χ3n) is 6.00. The van der Waals surface area contributed by atoms with Crippen molar-refractivity contribution in [3.63, 3.8) is 0 Å². The molecule has 1 N–H and O–H groups in total. The van der Waals surface area contributed by atoms with Gasteiger partial charge in [-0.05, 0) is 60.4 Å². The number of benzene rings is 1. The van der Waals surface area contributed by atoms with Crippen LogP contribution in [0.2, 0.25) is 5.02 Å². The number of carboxylic acid groups (broad SMARTS) is 1. The summed E-state index contributed by atoms with van der Waals surface area (Å²) < 4.78 is 5.85. The van der Waals surface area contributed by atoms with Gasteiger partial charge in [-0.1, -0.05) is 38.4 Å². The molecule has 0 bridgehead atoms. The van der Waals surface area contributed by atoms with Gasteiger partial charge in [0.05, 0.1) is 22.4 Å². The molecule has 0 aliphatic heterocycles. The lowest BCUT2D eigenvalue weighted by Gasteiger charge is -2.33. The van der Waals surface area contributed by atoms with Gasteiger partial charge in [0.15, 0.2) is 0 Å². The fourth-order valence-corrected chi connectivity index (χ4v) is 5.54. The van der Waals surface area contributed by atoms with Crippen LogP contribution in [0, 0.1) is 22.7 Å². The van der Waals surface area contributed by atoms with Crippen LogP contribution in [-0.2, 0) is 12.8 Å². The highest BCUT2D eigenvalue weighted by Crippen LogP contribution is 2.44. The first-order valence-corrected chi connectivity index (χ1v) is 11.6. The van der Waals surface area contributed by atoms with Crippen LogP contribution in [-0.4, -0.2) is 17.3 Å². The lowest BCUT2D eigenvalue weighted by atomic mass is 9.72. The van der Waals surface area contributed by atoms with Gasteiger partial charge in [0.2, 0.25) is 0 Å². The van der Waals surface area contributed by atoms with Crippen LogP contribution in [0.15, 0.2) is 39.7 Å². The second-order valence-electron chi connectivity index (χ2n) is 9.06. The lowest BCUT2D eigenvalue weighted by molar-refractivity contribution is 0.0697. The molecule has 2 heterocycles. The Kier molecular flexibility index (Phi) is 5.98. The number of halogens is 1. The Morgan fingerprint density at radius 2 is 2.12 bits per heavy atom. The zero-order valence-electron chi connectivity index (χ0n) is 18.1. The number of furan rings is 1. The van der Waals surface area contributed by atoms with Crippen molar-refractivity contribution in [2.75, 3.05) is 0 Å². The molecule has 5 nitrogen and oxygen atoms in total. The van der Waals surface area contributed by atoms with E-state index in [9.17, 15) is 10.1 Å². The highest BCUT2D eigenvalue weighted by molar-refractivity contribution is 7.16. The normalized spacial score (nSPS) is 16.2. The van der Waals surface area contributed by atoms with E-state index in [1.165, 1.54) is 10.9 Å². The second-order valence-corrected chi connectivity index (χ2v) is 10.6. The minimum absolute atomic E-state index is 0.0446. The Morgan fingerprint density at radius 1 is 1.34 bits per heavy atom. The van der Waals surface area contributed by atoms with Crippen molar-refractivity contribution in [3.05, 3.63) is 62.7 Å². The molecule has 0 saturated heterocycles. The number of nitrogens with zero attached hydrogens (tertiary/aromatic N) is 2. The first-order valence-electron chi connectivity index (χ1n) is 10.4. The zero-order chi connectivity index (χ0) is 23.0. The van der Waals surface area contributed by atoms with Gasteiger partial charge in [0.1, 0.15) is 22.6 Å². The van der Waals surface area contributed by atoms with Crippen molar-refractivity contribution in [3.8, 4) is 17.4 Å². The molecule has 0 radical (unpaired) electrons. The van der Waals surface area contributed by atoms with E-state index in [2.05, 4.69) is 31.8 Å². The van der Waals surface area contributed by atoms with Crippen LogP contribution in [0.5, 0.6) is 0 Å². The summed E-state index contributed by atoms with van der Waals surface area (Å²) in [6, 6.07) is 10.6. The largest absolute Gasteiger partial charge is 0.478 e. The summed E-state index contributed by atoms with van der Waals surface area (Å²) in [4.78, 5) is 17.0. The number of thiophene rings is 1. The highest BCUT2D eigenvalue weighted by Gasteiger charge is 2.32. The number of aliphatic imine (C=N–C) groups is 1. The van der Waals surface area contributed by atoms with Crippen LogP contribution in [0.1, 0.15) is 59.3 Å². The van der Waals surface area contributed by atoms with Crippen molar-refractivity contribution >= 4 is 40.1 Å². The molecule has 164 valence electrons. The minimum Gasteiger partial charge on any atom is -0.478 e.